The van der Waals surface area contributed by atoms with Crippen molar-refractivity contribution in [2.24, 2.45) is 0 Å². The predicted molar refractivity (Wildman–Crippen MR) is 62.7 cm³/mol. The Hall–Kier alpha value is -1.41. The van der Waals surface area contributed by atoms with Gasteiger partial charge in [-0.05, 0) is 12.8 Å². The molecular weight excluding hydrogens is 258 g/mol. The SMILES string of the molecule is O=C(O)c1cnc(S(=O)(=O)NC2CCCCC2)[nH]1. The molecule has 7 nitrogen and oxygen atoms in total. The summed E-state index contributed by atoms with van der Waals surface area (Å²) in [6.07, 6.45) is 5.76. The molecule has 18 heavy (non-hydrogen) atoms. The first-order valence-corrected chi connectivity index (χ1v) is 7.28. The molecule has 0 atom stereocenters. The molecule has 0 radical (unpaired) electrons. The van der Waals surface area contributed by atoms with Crippen LogP contribution in [0.2, 0.25) is 0 Å². The first-order chi connectivity index (χ1) is 8.49. The van der Waals surface area contributed by atoms with Crippen LogP contribution in [0.1, 0.15) is 42.6 Å². The van der Waals surface area contributed by atoms with E-state index in [1.807, 2.05) is 0 Å². The van der Waals surface area contributed by atoms with Gasteiger partial charge in [0.15, 0.2) is 0 Å². The summed E-state index contributed by atoms with van der Waals surface area (Å²) in [5.74, 6) is -1.23. The molecule has 8 heteroatoms. The highest BCUT2D eigenvalue weighted by Crippen LogP contribution is 2.19. The van der Waals surface area contributed by atoms with Gasteiger partial charge in [-0.25, -0.2) is 22.9 Å². The van der Waals surface area contributed by atoms with E-state index in [1.54, 1.807) is 0 Å². The maximum atomic E-state index is 11.9. The van der Waals surface area contributed by atoms with Crippen LogP contribution in [-0.4, -0.2) is 35.5 Å². The van der Waals surface area contributed by atoms with Crippen LogP contribution in [0.3, 0.4) is 0 Å². The molecule has 1 aromatic heterocycles. The van der Waals surface area contributed by atoms with E-state index in [0.29, 0.717) is 0 Å². The lowest BCUT2D eigenvalue weighted by atomic mass is 9.96. The molecule has 0 amide bonds. The summed E-state index contributed by atoms with van der Waals surface area (Å²) >= 11 is 0. The second-order valence-corrected chi connectivity index (χ2v) is 5.99. The minimum Gasteiger partial charge on any atom is -0.477 e. The molecule has 0 aliphatic heterocycles. The molecule has 1 fully saturated rings. The van der Waals surface area contributed by atoms with Crippen LogP contribution >= 0.6 is 0 Å². The monoisotopic (exact) mass is 273 g/mol. The number of carbonyl (C=O) groups is 1. The molecule has 1 saturated carbocycles. The van der Waals surface area contributed by atoms with Crippen LogP contribution < -0.4 is 4.72 Å². The van der Waals surface area contributed by atoms with Gasteiger partial charge < -0.3 is 10.1 Å². The van der Waals surface area contributed by atoms with Crippen molar-refractivity contribution in [3.8, 4) is 0 Å². The first-order valence-electron chi connectivity index (χ1n) is 5.79. The fourth-order valence-electron chi connectivity index (χ4n) is 2.04. The Morgan fingerprint density at radius 3 is 2.61 bits per heavy atom. The largest absolute Gasteiger partial charge is 0.477 e. The van der Waals surface area contributed by atoms with E-state index >= 15 is 0 Å². The van der Waals surface area contributed by atoms with Gasteiger partial charge in [-0.1, -0.05) is 19.3 Å². The topological polar surface area (TPSA) is 112 Å². The van der Waals surface area contributed by atoms with E-state index in [4.69, 9.17) is 5.11 Å². The lowest BCUT2D eigenvalue weighted by Crippen LogP contribution is -2.36. The van der Waals surface area contributed by atoms with Crippen LogP contribution in [0.4, 0.5) is 0 Å². The number of aromatic carboxylic acids is 1. The molecule has 1 heterocycles. The summed E-state index contributed by atoms with van der Waals surface area (Å²) in [4.78, 5) is 16.5. The number of hydrogen-bond acceptors (Lipinski definition) is 4. The molecule has 2 rings (SSSR count). The van der Waals surface area contributed by atoms with Crippen LogP contribution in [0.25, 0.3) is 0 Å². The maximum absolute atomic E-state index is 11.9. The van der Waals surface area contributed by atoms with Gasteiger partial charge in [-0.15, -0.1) is 0 Å². The van der Waals surface area contributed by atoms with Crippen molar-refractivity contribution in [3.05, 3.63) is 11.9 Å². The highest BCUT2D eigenvalue weighted by molar-refractivity contribution is 7.89. The molecule has 0 bridgehead atoms. The molecule has 0 spiro atoms. The Balaban J connectivity index is 2.11. The van der Waals surface area contributed by atoms with Gasteiger partial charge in [-0.2, -0.15) is 0 Å². The molecule has 100 valence electrons. The standard InChI is InChI=1S/C10H15N3O4S/c14-9(15)8-6-11-10(12-8)18(16,17)13-7-4-2-1-3-5-7/h6-7,13H,1-5H2,(H,11,12)(H,14,15). The molecule has 0 unspecified atom stereocenters. The molecule has 0 saturated heterocycles. The van der Waals surface area contributed by atoms with Crippen LogP contribution in [0.5, 0.6) is 0 Å². The van der Waals surface area contributed by atoms with Gasteiger partial charge in [0.05, 0.1) is 6.20 Å². The summed E-state index contributed by atoms with van der Waals surface area (Å²) in [5.41, 5.74) is -0.237. The summed E-state index contributed by atoms with van der Waals surface area (Å²) in [6, 6.07) is -0.0814. The normalized spacial score (nSPS) is 17.8. The number of nitrogens with zero attached hydrogens (tertiary/aromatic N) is 1. The zero-order chi connectivity index (χ0) is 13.2. The van der Waals surface area contributed by atoms with E-state index in [-0.39, 0.29) is 16.9 Å². The zero-order valence-electron chi connectivity index (χ0n) is 9.72. The fourth-order valence-corrected chi connectivity index (χ4v) is 3.27. The predicted octanol–water partition coefficient (Wildman–Crippen LogP) is 0.719. The molecule has 1 aliphatic carbocycles. The highest BCUT2D eigenvalue weighted by Gasteiger charge is 2.24. The van der Waals surface area contributed by atoms with Crippen molar-refractivity contribution in [2.45, 2.75) is 43.3 Å². The van der Waals surface area contributed by atoms with Gasteiger partial charge in [0, 0.05) is 6.04 Å². The van der Waals surface area contributed by atoms with Gasteiger partial charge in [-0.3, -0.25) is 0 Å². The van der Waals surface area contributed by atoms with Gasteiger partial charge in [0.1, 0.15) is 5.69 Å². The Labute approximate surface area is 105 Å². The lowest BCUT2D eigenvalue weighted by Gasteiger charge is -2.21. The number of carboxylic acid groups (broad SMARTS) is 1. The second kappa shape index (κ2) is 5.07. The third-order valence-corrected chi connectivity index (χ3v) is 4.32. The second-order valence-electron chi connectivity index (χ2n) is 4.36. The van der Waals surface area contributed by atoms with Crippen molar-refractivity contribution >= 4 is 16.0 Å². The quantitative estimate of drug-likeness (QED) is 0.748. The highest BCUT2D eigenvalue weighted by atomic mass is 32.2. The average molecular weight is 273 g/mol. The van der Waals surface area contributed by atoms with Crippen LogP contribution in [0, 0.1) is 0 Å². The van der Waals surface area contributed by atoms with Crippen molar-refractivity contribution in [1.29, 1.82) is 0 Å². The van der Waals surface area contributed by atoms with Crippen molar-refractivity contribution in [3.63, 3.8) is 0 Å². The van der Waals surface area contributed by atoms with Crippen molar-refractivity contribution in [2.75, 3.05) is 0 Å². The average Bonchev–Trinajstić information content (AvgIpc) is 2.79. The summed E-state index contributed by atoms with van der Waals surface area (Å²) in [5, 5.41) is 8.36. The number of rotatable bonds is 4. The molecule has 1 aliphatic rings. The van der Waals surface area contributed by atoms with E-state index in [0.717, 1.165) is 38.3 Å². The van der Waals surface area contributed by atoms with Gasteiger partial charge in [0.25, 0.3) is 10.0 Å². The van der Waals surface area contributed by atoms with Crippen molar-refractivity contribution in [1.82, 2.24) is 14.7 Å². The molecule has 0 aromatic carbocycles. The zero-order valence-corrected chi connectivity index (χ0v) is 10.5. The number of nitrogens with one attached hydrogen (secondary N) is 2. The van der Waals surface area contributed by atoms with Gasteiger partial charge >= 0.3 is 5.97 Å². The Morgan fingerprint density at radius 2 is 2.06 bits per heavy atom. The number of hydrogen-bond donors (Lipinski definition) is 3. The Morgan fingerprint density at radius 1 is 1.39 bits per heavy atom. The number of H-pyrrole nitrogens is 1. The van der Waals surface area contributed by atoms with E-state index in [2.05, 4.69) is 14.7 Å². The molecule has 3 N–H and O–H groups in total. The summed E-state index contributed by atoms with van der Waals surface area (Å²) in [7, 11) is -3.75. The number of imidazole rings is 1. The number of sulfonamides is 1. The maximum Gasteiger partial charge on any atom is 0.353 e. The third kappa shape index (κ3) is 2.88. The number of aromatic amines is 1. The van der Waals surface area contributed by atoms with E-state index in [9.17, 15) is 13.2 Å². The fraction of sp³-hybridized carbons (Fsp3) is 0.600. The van der Waals surface area contributed by atoms with E-state index < -0.39 is 16.0 Å². The third-order valence-electron chi connectivity index (χ3n) is 2.96. The smallest absolute Gasteiger partial charge is 0.353 e. The molecular formula is C10H15N3O4S. The Bertz CT molecular complexity index is 531. The summed E-state index contributed by atoms with van der Waals surface area (Å²) in [6.45, 7) is 0. The summed E-state index contributed by atoms with van der Waals surface area (Å²) < 4.78 is 26.4. The minimum absolute atomic E-state index is 0.0814. The lowest BCUT2D eigenvalue weighted by molar-refractivity contribution is 0.0690. The van der Waals surface area contributed by atoms with E-state index in [1.165, 1.54) is 0 Å². The molecule has 1 aromatic rings. The van der Waals surface area contributed by atoms with Crippen LogP contribution in [-0.2, 0) is 10.0 Å². The minimum atomic E-state index is -3.75. The van der Waals surface area contributed by atoms with Crippen LogP contribution in [0.15, 0.2) is 11.4 Å². The first kappa shape index (κ1) is 13.0. The number of carboxylic acids is 1. The van der Waals surface area contributed by atoms with Gasteiger partial charge in [0.2, 0.25) is 5.16 Å². The Kier molecular flexibility index (Phi) is 3.67. The number of aromatic nitrogens is 2. The van der Waals surface area contributed by atoms with Crippen molar-refractivity contribution < 1.29 is 18.3 Å².